The molecule has 1 aromatic carbocycles. The van der Waals surface area contributed by atoms with Gasteiger partial charge in [-0.05, 0) is 37.1 Å². The molecule has 0 saturated heterocycles. The van der Waals surface area contributed by atoms with Crippen molar-refractivity contribution in [2.45, 2.75) is 13.3 Å². The Balaban J connectivity index is 2.53. The summed E-state index contributed by atoms with van der Waals surface area (Å²) in [6.07, 6.45) is 0.953. The maximum atomic E-state index is 9.04. The number of likely N-dealkylation sites (N-methyl/N-ethyl adjacent to an activating group) is 1. The predicted molar refractivity (Wildman–Crippen MR) is 77.0 cm³/mol. The van der Waals surface area contributed by atoms with E-state index in [1.807, 2.05) is 19.1 Å². The van der Waals surface area contributed by atoms with Crippen molar-refractivity contribution in [2.75, 3.05) is 41.0 Å². The van der Waals surface area contributed by atoms with Gasteiger partial charge in [0.25, 0.3) is 0 Å². The molecule has 0 spiro atoms. The summed E-state index contributed by atoms with van der Waals surface area (Å²) in [6, 6.07) is 6.01. The lowest BCUT2D eigenvalue weighted by Crippen LogP contribution is -2.28. The molecule has 0 amide bonds. The smallest absolute Gasteiger partial charge is 0.160 e. The van der Waals surface area contributed by atoms with Gasteiger partial charge in [-0.2, -0.15) is 0 Å². The number of hydrogen-bond donors (Lipinski definition) is 1. The summed E-state index contributed by atoms with van der Waals surface area (Å²) < 4.78 is 10.5. The molecule has 1 aromatic rings. The van der Waals surface area contributed by atoms with E-state index in [1.165, 1.54) is 5.56 Å². The van der Waals surface area contributed by atoms with Gasteiger partial charge in [0, 0.05) is 19.7 Å². The second-order valence-electron chi connectivity index (χ2n) is 4.99. The lowest BCUT2D eigenvalue weighted by Gasteiger charge is -2.20. The number of methoxy groups -OCH3 is 2. The van der Waals surface area contributed by atoms with E-state index in [0.717, 1.165) is 31.0 Å². The Hall–Kier alpha value is -1.26. The van der Waals surface area contributed by atoms with Gasteiger partial charge in [0.2, 0.25) is 0 Å². The molecule has 1 atom stereocenters. The minimum atomic E-state index is 0.237. The van der Waals surface area contributed by atoms with Crippen molar-refractivity contribution in [1.82, 2.24) is 4.90 Å². The van der Waals surface area contributed by atoms with Crippen LogP contribution in [0.1, 0.15) is 12.5 Å². The third kappa shape index (κ3) is 5.09. The molecule has 0 aromatic heterocycles. The molecule has 1 rings (SSSR count). The first-order valence-corrected chi connectivity index (χ1v) is 6.61. The Labute approximate surface area is 115 Å². The van der Waals surface area contributed by atoms with Crippen molar-refractivity contribution < 1.29 is 14.6 Å². The molecule has 19 heavy (non-hydrogen) atoms. The van der Waals surface area contributed by atoms with Crippen LogP contribution in [0.25, 0.3) is 0 Å². The Morgan fingerprint density at radius 3 is 2.47 bits per heavy atom. The summed E-state index contributed by atoms with van der Waals surface area (Å²) in [6.45, 7) is 4.15. The van der Waals surface area contributed by atoms with Gasteiger partial charge in [-0.15, -0.1) is 0 Å². The molecular formula is C15H25NO3. The van der Waals surface area contributed by atoms with Crippen LogP contribution in [0.3, 0.4) is 0 Å². The summed E-state index contributed by atoms with van der Waals surface area (Å²) >= 11 is 0. The topological polar surface area (TPSA) is 41.9 Å². The van der Waals surface area contributed by atoms with Crippen molar-refractivity contribution in [2.24, 2.45) is 5.92 Å². The molecule has 0 fully saturated rings. The van der Waals surface area contributed by atoms with Gasteiger partial charge >= 0.3 is 0 Å². The monoisotopic (exact) mass is 267 g/mol. The number of ether oxygens (including phenoxy) is 2. The van der Waals surface area contributed by atoms with Crippen LogP contribution in [0.4, 0.5) is 0 Å². The first-order valence-electron chi connectivity index (χ1n) is 6.61. The largest absolute Gasteiger partial charge is 0.493 e. The number of nitrogens with zero attached hydrogens (tertiary/aromatic N) is 1. The van der Waals surface area contributed by atoms with Crippen LogP contribution in [-0.2, 0) is 6.42 Å². The second-order valence-corrected chi connectivity index (χ2v) is 4.99. The van der Waals surface area contributed by atoms with Gasteiger partial charge in [0.15, 0.2) is 11.5 Å². The maximum Gasteiger partial charge on any atom is 0.160 e. The summed E-state index contributed by atoms with van der Waals surface area (Å²) in [5.41, 5.74) is 1.22. The lowest BCUT2D eigenvalue weighted by molar-refractivity contribution is 0.192. The van der Waals surface area contributed by atoms with Crippen molar-refractivity contribution in [3.05, 3.63) is 23.8 Å². The Morgan fingerprint density at radius 1 is 1.21 bits per heavy atom. The minimum Gasteiger partial charge on any atom is -0.493 e. The van der Waals surface area contributed by atoms with Crippen LogP contribution in [0.2, 0.25) is 0 Å². The molecular weight excluding hydrogens is 242 g/mol. The molecule has 0 bridgehead atoms. The second kappa shape index (κ2) is 8.02. The van der Waals surface area contributed by atoms with Gasteiger partial charge in [-0.3, -0.25) is 0 Å². The van der Waals surface area contributed by atoms with E-state index in [1.54, 1.807) is 14.2 Å². The zero-order valence-corrected chi connectivity index (χ0v) is 12.3. The zero-order valence-electron chi connectivity index (χ0n) is 12.3. The molecule has 4 nitrogen and oxygen atoms in total. The molecule has 0 unspecified atom stereocenters. The molecule has 0 aliphatic carbocycles. The first-order chi connectivity index (χ1) is 9.10. The van der Waals surface area contributed by atoms with Crippen molar-refractivity contribution in [3.63, 3.8) is 0 Å². The van der Waals surface area contributed by atoms with Crippen LogP contribution in [0.5, 0.6) is 11.5 Å². The molecule has 4 heteroatoms. The quantitative estimate of drug-likeness (QED) is 0.780. The fourth-order valence-corrected chi connectivity index (χ4v) is 2.04. The Morgan fingerprint density at radius 2 is 1.89 bits per heavy atom. The van der Waals surface area contributed by atoms with Crippen molar-refractivity contribution in [3.8, 4) is 11.5 Å². The average molecular weight is 267 g/mol. The van der Waals surface area contributed by atoms with E-state index in [9.17, 15) is 0 Å². The average Bonchev–Trinajstić information content (AvgIpc) is 2.44. The summed E-state index contributed by atoms with van der Waals surface area (Å²) in [5, 5.41) is 9.04. The fraction of sp³-hybridized carbons (Fsp3) is 0.600. The number of hydrogen-bond acceptors (Lipinski definition) is 4. The third-order valence-corrected chi connectivity index (χ3v) is 3.17. The highest BCUT2D eigenvalue weighted by Crippen LogP contribution is 2.27. The molecule has 0 aliphatic rings. The van der Waals surface area contributed by atoms with Gasteiger partial charge < -0.3 is 19.5 Å². The van der Waals surface area contributed by atoms with Crippen LogP contribution in [0, 0.1) is 5.92 Å². The maximum absolute atomic E-state index is 9.04. The highest BCUT2D eigenvalue weighted by molar-refractivity contribution is 5.42. The van der Waals surface area contributed by atoms with Crippen LogP contribution >= 0.6 is 0 Å². The van der Waals surface area contributed by atoms with Gasteiger partial charge in [-0.1, -0.05) is 13.0 Å². The van der Waals surface area contributed by atoms with Crippen LogP contribution in [-0.4, -0.2) is 51.0 Å². The number of aliphatic hydroxyl groups is 1. The van der Waals surface area contributed by atoms with E-state index < -0.39 is 0 Å². The number of aliphatic hydroxyl groups excluding tert-OH is 1. The predicted octanol–water partition coefficient (Wildman–Crippen LogP) is 1.81. The summed E-state index contributed by atoms with van der Waals surface area (Å²) in [4.78, 5) is 2.23. The standard InChI is InChI=1S/C15H25NO3/c1-12(11-17)10-16(2)8-7-13-5-6-14(18-3)15(9-13)19-4/h5-6,9,12,17H,7-8,10-11H2,1-4H3/t12-/m0/s1. The van der Waals surface area contributed by atoms with E-state index in [-0.39, 0.29) is 6.61 Å². The number of rotatable bonds is 8. The van der Waals surface area contributed by atoms with Crippen molar-refractivity contribution >= 4 is 0 Å². The Kier molecular flexibility index (Phi) is 6.67. The third-order valence-electron chi connectivity index (χ3n) is 3.17. The first kappa shape index (κ1) is 15.8. The zero-order chi connectivity index (χ0) is 14.3. The normalized spacial score (nSPS) is 12.5. The minimum absolute atomic E-state index is 0.237. The summed E-state index contributed by atoms with van der Waals surface area (Å²) in [5.74, 6) is 1.84. The molecule has 0 saturated carbocycles. The molecule has 1 N–H and O–H groups in total. The molecule has 108 valence electrons. The summed E-state index contributed by atoms with van der Waals surface area (Å²) in [7, 11) is 5.37. The van der Waals surface area contributed by atoms with Gasteiger partial charge in [0.1, 0.15) is 0 Å². The van der Waals surface area contributed by atoms with Crippen molar-refractivity contribution in [1.29, 1.82) is 0 Å². The van der Waals surface area contributed by atoms with E-state index in [4.69, 9.17) is 14.6 Å². The highest BCUT2D eigenvalue weighted by Gasteiger charge is 2.07. The fourth-order valence-electron chi connectivity index (χ4n) is 2.04. The Bertz CT molecular complexity index is 382. The lowest BCUT2D eigenvalue weighted by atomic mass is 10.1. The SMILES string of the molecule is COc1ccc(CCN(C)C[C@H](C)CO)cc1OC. The molecule has 0 heterocycles. The highest BCUT2D eigenvalue weighted by atomic mass is 16.5. The van der Waals surface area contributed by atoms with Gasteiger partial charge in [0.05, 0.1) is 14.2 Å². The number of benzene rings is 1. The molecule has 0 radical (unpaired) electrons. The van der Waals surface area contributed by atoms with Gasteiger partial charge in [-0.25, -0.2) is 0 Å². The van der Waals surface area contributed by atoms with Crippen LogP contribution in [0.15, 0.2) is 18.2 Å². The van der Waals surface area contributed by atoms with E-state index >= 15 is 0 Å². The molecule has 0 aliphatic heterocycles. The van der Waals surface area contributed by atoms with E-state index in [2.05, 4.69) is 18.0 Å². The van der Waals surface area contributed by atoms with Crippen LogP contribution < -0.4 is 9.47 Å². The van der Waals surface area contributed by atoms with E-state index in [0.29, 0.717) is 5.92 Å².